The van der Waals surface area contributed by atoms with Crippen molar-refractivity contribution in [3.8, 4) is 0 Å². The molecule has 0 bridgehead atoms. The van der Waals surface area contributed by atoms with Gasteiger partial charge in [-0.1, -0.05) is 0 Å². The van der Waals surface area contributed by atoms with Crippen molar-refractivity contribution < 1.29 is 4.42 Å². The number of nitrogens with one attached hydrogen (secondary N) is 1. The first-order chi connectivity index (χ1) is 7.81. The predicted molar refractivity (Wildman–Crippen MR) is 63.4 cm³/mol. The fourth-order valence-corrected chi connectivity index (χ4v) is 2.26. The first kappa shape index (κ1) is 11.6. The van der Waals surface area contributed by atoms with Crippen LogP contribution < -0.4 is 5.32 Å². The molecule has 1 aromatic heterocycles. The van der Waals surface area contributed by atoms with Crippen LogP contribution in [0.25, 0.3) is 0 Å². The highest BCUT2D eigenvalue weighted by molar-refractivity contribution is 5.02. The molecule has 1 atom stereocenters. The molecule has 2 heterocycles. The minimum Gasteiger partial charge on any atom is -0.447 e. The summed E-state index contributed by atoms with van der Waals surface area (Å²) in [6.07, 6.45) is 6.35. The lowest BCUT2D eigenvalue weighted by molar-refractivity contribution is 0.268. The molecule has 1 N–H and O–H groups in total. The molecular weight excluding hydrogens is 202 g/mol. The SMILES string of the molecule is CNCCCc1coc(C2CCCN2C)n1. The maximum absolute atomic E-state index is 5.58. The fourth-order valence-electron chi connectivity index (χ4n) is 2.26. The third-order valence-electron chi connectivity index (χ3n) is 3.23. The van der Waals surface area contributed by atoms with Gasteiger partial charge in [0.1, 0.15) is 6.26 Å². The Morgan fingerprint density at radius 3 is 3.19 bits per heavy atom. The van der Waals surface area contributed by atoms with Gasteiger partial charge in [-0.25, -0.2) is 4.98 Å². The van der Waals surface area contributed by atoms with Gasteiger partial charge in [-0.2, -0.15) is 0 Å². The molecule has 1 aliphatic rings. The van der Waals surface area contributed by atoms with E-state index in [1.54, 1.807) is 0 Å². The lowest BCUT2D eigenvalue weighted by Crippen LogP contribution is -2.17. The van der Waals surface area contributed by atoms with Gasteiger partial charge in [0.05, 0.1) is 11.7 Å². The van der Waals surface area contributed by atoms with Crippen LogP contribution in [-0.2, 0) is 6.42 Å². The molecule has 90 valence electrons. The molecule has 0 amide bonds. The summed E-state index contributed by atoms with van der Waals surface area (Å²) in [7, 11) is 4.12. The molecule has 1 aromatic rings. The highest BCUT2D eigenvalue weighted by Crippen LogP contribution is 2.29. The number of nitrogens with zero attached hydrogens (tertiary/aromatic N) is 2. The Labute approximate surface area is 97.0 Å². The van der Waals surface area contributed by atoms with E-state index in [4.69, 9.17) is 4.42 Å². The second-order valence-corrected chi connectivity index (χ2v) is 4.52. The maximum Gasteiger partial charge on any atom is 0.211 e. The summed E-state index contributed by atoms with van der Waals surface area (Å²) in [5.74, 6) is 0.902. The highest BCUT2D eigenvalue weighted by Gasteiger charge is 2.26. The van der Waals surface area contributed by atoms with Crippen LogP contribution in [-0.4, -0.2) is 37.1 Å². The van der Waals surface area contributed by atoms with E-state index in [1.165, 1.54) is 12.8 Å². The Kier molecular flexibility index (Phi) is 3.96. The molecule has 1 unspecified atom stereocenters. The average Bonchev–Trinajstić information content (AvgIpc) is 2.87. The molecule has 0 spiro atoms. The second-order valence-electron chi connectivity index (χ2n) is 4.52. The largest absolute Gasteiger partial charge is 0.447 e. The summed E-state index contributed by atoms with van der Waals surface area (Å²) in [5.41, 5.74) is 1.09. The molecule has 2 rings (SSSR count). The van der Waals surface area contributed by atoms with Gasteiger partial charge in [0, 0.05) is 0 Å². The number of hydrogen-bond donors (Lipinski definition) is 1. The molecule has 16 heavy (non-hydrogen) atoms. The minimum atomic E-state index is 0.401. The summed E-state index contributed by atoms with van der Waals surface area (Å²) in [4.78, 5) is 6.90. The van der Waals surface area contributed by atoms with Gasteiger partial charge in [-0.05, 0) is 52.9 Å². The van der Waals surface area contributed by atoms with E-state index >= 15 is 0 Å². The third-order valence-corrected chi connectivity index (χ3v) is 3.23. The topological polar surface area (TPSA) is 41.3 Å². The van der Waals surface area contributed by atoms with Crippen molar-refractivity contribution in [2.24, 2.45) is 0 Å². The van der Waals surface area contributed by atoms with E-state index < -0.39 is 0 Å². The van der Waals surface area contributed by atoms with Crippen molar-refractivity contribution in [2.45, 2.75) is 31.7 Å². The normalized spacial score (nSPS) is 21.8. The van der Waals surface area contributed by atoms with Crippen LogP contribution in [0.15, 0.2) is 10.7 Å². The van der Waals surface area contributed by atoms with Gasteiger partial charge in [-0.15, -0.1) is 0 Å². The minimum absolute atomic E-state index is 0.401. The number of aromatic nitrogens is 1. The Morgan fingerprint density at radius 2 is 2.50 bits per heavy atom. The number of likely N-dealkylation sites (tertiary alicyclic amines) is 1. The van der Waals surface area contributed by atoms with Crippen molar-refractivity contribution in [3.63, 3.8) is 0 Å². The fraction of sp³-hybridized carbons (Fsp3) is 0.750. The van der Waals surface area contributed by atoms with Crippen LogP contribution in [0, 0.1) is 0 Å². The Morgan fingerprint density at radius 1 is 1.62 bits per heavy atom. The molecule has 0 radical (unpaired) electrons. The van der Waals surface area contributed by atoms with E-state index in [-0.39, 0.29) is 0 Å². The predicted octanol–water partition coefficient (Wildman–Crippen LogP) is 1.59. The molecule has 0 saturated carbocycles. The van der Waals surface area contributed by atoms with E-state index in [0.717, 1.165) is 37.5 Å². The van der Waals surface area contributed by atoms with Crippen molar-refractivity contribution in [1.29, 1.82) is 0 Å². The second kappa shape index (κ2) is 5.46. The zero-order chi connectivity index (χ0) is 11.4. The van der Waals surface area contributed by atoms with E-state index in [2.05, 4.69) is 22.2 Å². The van der Waals surface area contributed by atoms with Gasteiger partial charge in [-0.3, -0.25) is 4.90 Å². The van der Waals surface area contributed by atoms with Gasteiger partial charge in [0.2, 0.25) is 5.89 Å². The van der Waals surface area contributed by atoms with E-state index in [0.29, 0.717) is 6.04 Å². The highest BCUT2D eigenvalue weighted by atomic mass is 16.3. The standard InChI is InChI=1S/C12H21N3O/c1-13-7-3-5-10-9-16-12(14-10)11-6-4-8-15(11)2/h9,11,13H,3-8H2,1-2H3. The Hall–Kier alpha value is -0.870. The molecular formula is C12H21N3O. The zero-order valence-electron chi connectivity index (χ0n) is 10.2. The van der Waals surface area contributed by atoms with Gasteiger partial charge >= 0.3 is 0 Å². The van der Waals surface area contributed by atoms with Gasteiger partial charge in [0.25, 0.3) is 0 Å². The molecule has 0 aliphatic carbocycles. The van der Waals surface area contributed by atoms with Crippen LogP contribution >= 0.6 is 0 Å². The molecule has 1 saturated heterocycles. The maximum atomic E-state index is 5.58. The monoisotopic (exact) mass is 223 g/mol. The van der Waals surface area contributed by atoms with Crippen LogP contribution in [0.1, 0.15) is 36.9 Å². The number of aryl methyl sites for hydroxylation is 1. The number of rotatable bonds is 5. The molecule has 1 fully saturated rings. The van der Waals surface area contributed by atoms with Gasteiger partial charge < -0.3 is 9.73 Å². The van der Waals surface area contributed by atoms with E-state index in [1.807, 2.05) is 13.3 Å². The van der Waals surface area contributed by atoms with E-state index in [9.17, 15) is 0 Å². The summed E-state index contributed by atoms with van der Waals surface area (Å²) >= 11 is 0. The summed E-state index contributed by atoms with van der Waals surface area (Å²) in [6, 6.07) is 0.401. The molecule has 0 aromatic carbocycles. The quantitative estimate of drug-likeness (QED) is 0.770. The average molecular weight is 223 g/mol. The summed E-state index contributed by atoms with van der Waals surface area (Å²) in [6.45, 7) is 2.19. The smallest absolute Gasteiger partial charge is 0.211 e. The molecule has 4 nitrogen and oxygen atoms in total. The number of hydrogen-bond acceptors (Lipinski definition) is 4. The Balaban J connectivity index is 1.91. The lowest BCUT2D eigenvalue weighted by atomic mass is 10.2. The van der Waals surface area contributed by atoms with Gasteiger partial charge in [0.15, 0.2) is 0 Å². The van der Waals surface area contributed by atoms with Crippen molar-refractivity contribution in [2.75, 3.05) is 27.2 Å². The lowest BCUT2D eigenvalue weighted by Gasteiger charge is -2.14. The van der Waals surface area contributed by atoms with Crippen molar-refractivity contribution in [3.05, 3.63) is 17.8 Å². The first-order valence-corrected chi connectivity index (χ1v) is 6.10. The van der Waals surface area contributed by atoms with Crippen molar-refractivity contribution in [1.82, 2.24) is 15.2 Å². The zero-order valence-corrected chi connectivity index (χ0v) is 10.2. The number of oxazole rings is 1. The van der Waals surface area contributed by atoms with Crippen LogP contribution in [0.3, 0.4) is 0 Å². The van der Waals surface area contributed by atoms with Crippen LogP contribution in [0.4, 0.5) is 0 Å². The third kappa shape index (κ3) is 2.62. The first-order valence-electron chi connectivity index (χ1n) is 6.10. The van der Waals surface area contributed by atoms with Crippen molar-refractivity contribution >= 4 is 0 Å². The summed E-state index contributed by atoms with van der Waals surface area (Å²) < 4.78 is 5.58. The van der Waals surface area contributed by atoms with Crippen LogP contribution in [0.2, 0.25) is 0 Å². The molecule has 4 heteroatoms. The van der Waals surface area contributed by atoms with Crippen LogP contribution in [0.5, 0.6) is 0 Å². The summed E-state index contributed by atoms with van der Waals surface area (Å²) in [5, 5.41) is 3.14. The Bertz CT molecular complexity index is 324. The molecule has 1 aliphatic heterocycles.